The van der Waals surface area contributed by atoms with Crippen molar-refractivity contribution in [2.75, 3.05) is 0 Å². The molecule has 0 atom stereocenters. The van der Waals surface area contributed by atoms with Gasteiger partial charge in [-0.3, -0.25) is 4.79 Å². The van der Waals surface area contributed by atoms with E-state index in [9.17, 15) is 14.4 Å². The average molecular weight is 391 g/mol. The van der Waals surface area contributed by atoms with Gasteiger partial charge in [0, 0.05) is 23.9 Å². The largest absolute Gasteiger partial charge is 0.456 e. The van der Waals surface area contributed by atoms with Gasteiger partial charge in [0.15, 0.2) is 0 Å². The number of nitrogens with one attached hydrogen (secondary N) is 1. The molecular weight excluding hydrogens is 370 g/mol. The number of fused-ring (bicyclic) bond motifs is 1. The normalized spacial score (nSPS) is 11.3. The number of carbonyl (C=O) groups excluding carboxylic acids is 2. The maximum Gasteiger partial charge on any atom is 0.355 e. The number of carbonyl (C=O) groups is 2. The van der Waals surface area contributed by atoms with Crippen molar-refractivity contribution < 1.29 is 18.7 Å². The van der Waals surface area contributed by atoms with E-state index in [2.05, 4.69) is 5.32 Å². The van der Waals surface area contributed by atoms with Crippen LogP contribution in [0.3, 0.4) is 0 Å². The predicted octanol–water partition coefficient (Wildman–Crippen LogP) is 3.63. The number of aryl methyl sites for hydroxylation is 2. The first-order valence-electron chi connectivity index (χ1n) is 9.09. The minimum absolute atomic E-state index is 0.0167. The second-order valence-electron chi connectivity index (χ2n) is 6.75. The standard InChI is InChI=1S/C23H21NO5/c1-14-9-19-18(12-22(26)29-21(19)10-15(14)2)13-28-23(27)20(24-16(3)25)11-17-7-5-4-6-8-17/h4-12H,13H2,1-3H3,(H,24,25)/b20-11-. The van der Waals surface area contributed by atoms with Gasteiger partial charge in [0.1, 0.15) is 17.9 Å². The van der Waals surface area contributed by atoms with Crippen molar-refractivity contribution in [2.45, 2.75) is 27.4 Å². The van der Waals surface area contributed by atoms with Crippen LogP contribution >= 0.6 is 0 Å². The summed E-state index contributed by atoms with van der Waals surface area (Å²) in [6.45, 7) is 5.06. The highest BCUT2D eigenvalue weighted by atomic mass is 16.5. The zero-order valence-electron chi connectivity index (χ0n) is 16.4. The quantitative estimate of drug-likeness (QED) is 0.408. The molecule has 2 aromatic carbocycles. The lowest BCUT2D eigenvalue weighted by Gasteiger charge is -2.11. The molecule has 0 unspecified atom stereocenters. The molecule has 1 heterocycles. The fraction of sp³-hybridized carbons (Fsp3) is 0.174. The zero-order chi connectivity index (χ0) is 21.0. The van der Waals surface area contributed by atoms with E-state index in [-0.39, 0.29) is 18.2 Å². The zero-order valence-corrected chi connectivity index (χ0v) is 16.4. The van der Waals surface area contributed by atoms with Crippen molar-refractivity contribution in [3.8, 4) is 0 Å². The van der Waals surface area contributed by atoms with Crippen LogP contribution in [0.2, 0.25) is 0 Å². The molecule has 1 N–H and O–H groups in total. The fourth-order valence-electron chi connectivity index (χ4n) is 2.88. The number of ether oxygens (including phenoxy) is 1. The van der Waals surface area contributed by atoms with Gasteiger partial charge in [-0.15, -0.1) is 0 Å². The molecular formula is C23H21NO5. The van der Waals surface area contributed by atoms with Gasteiger partial charge in [-0.1, -0.05) is 30.3 Å². The molecule has 1 aromatic heterocycles. The number of hydrogen-bond acceptors (Lipinski definition) is 5. The van der Waals surface area contributed by atoms with Crippen LogP contribution < -0.4 is 10.9 Å². The molecule has 3 aromatic rings. The Bertz CT molecular complexity index is 1160. The summed E-state index contributed by atoms with van der Waals surface area (Å²) >= 11 is 0. The molecule has 0 aliphatic rings. The first kappa shape index (κ1) is 20.1. The Kier molecular flexibility index (Phi) is 5.93. The van der Waals surface area contributed by atoms with E-state index < -0.39 is 11.6 Å². The molecule has 0 saturated carbocycles. The molecule has 3 rings (SSSR count). The van der Waals surface area contributed by atoms with Crippen LogP contribution in [0.15, 0.2) is 63.4 Å². The summed E-state index contributed by atoms with van der Waals surface area (Å²) in [6, 6.07) is 14.1. The molecule has 0 bridgehead atoms. The predicted molar refractivity (Wildman–Crippen MR) is 110 cm³/mol. The lowest BCUT2D eigenvalue weighted by molar-refractivity contribution is -0.141. The van der Waals surface area contributed by atoms with Crippen LogP contribution in [0.1, 0.15) is 29.2 Å². The van der Waals surface area contributed by atoms with Crippen molar-refractivity contribution >= 4 is 28.9 Å². The Morgan fingerprint density at radius 3 is 2.45 bits per heavy atom. The summed E-state index contributed by atoms with van der Waals surface area (Å²) in [4.78, 5) is 36.0. The highest BCUT2D eigenvalue weighted by molar-refractivity contribution is 5.97. The SMILES string of the molecule is CC(=O)N/C(=C\c1ccccc1)C(=O)OCc1cc(=O)oc2cc(C)c(C)cc12. The monoisotopic (exact) mass is 391 g/mol. The second-order valence-corrected chi connectivity index (χ2v) is 6.75. The third-order valence-electron chi connectivity index (χ3n) is 4.44. The molecule has 0 aliphatic heterocycles. The third-order valence-corrected chi connectivity index (χ3v) is 4.44. The molecule has 0 aliphatic carbocycles. The first-order chi connectivity index (χ1) is 13.8. The van der Waals surface area contributed by atoms with Gasteiger partial charge in [0.25, 0.3) is 0 Å². The molecule has 1 amide bonds. The molecule has 29 heavy (non-hydrogen) atoms. The van der Waals surface area contributed by atoms with Gasteiger partial charge < -0.3 is 14.5 Å². The number of rotatable bonds is 5. The maximum absolute atomic E-state index is 12.6. The lowest BCUT2D eigenvalue weighted by atomic mass is 10.0. The Morgan fingerprint density at radius 1 is 1.07 bits per heavy atom. The third kappa shape index (κ3) is 4.99. The van der Waals surface area contributed by atoms with Crippen LogP contribution in [0.25, 0.3) is 17.0 Å². The van der Waals surface area contributed by atoms with Crippen molar-refractivity contribution in [3.05, 3.63) is 86.9 Å². The topological polar surface area (TPSA) is 85.6 Å². The van der Waals surface area contributed by atoms with Gasteiger partial charge in [-0.05, 0) is 48.7 Å². The van der Waals surface area contributed by atoms with Crippen LogP contribution in [-0.4, -0.2) is 11.9 Å². The van der Waals surface area contributed by atoms with E-state index in [1.807, 2.05) is 38.1 Å². The Hall–Kier alpha value is -3.67. The van der Waals surface area contributed by atoms with Gasteiger partial charge in [-0.25, -0.2) is 9.59 Å². The summed E-state index contributed by atoms with van der Waals surface area (Å²) in [5, 5.41) is 3.20. The summed E-state index contributed by atoms with van der Waals surface area (Å²) in [6.07, 6.45) is 1.54. The Labute approximate surface area is 167 Å². The second kappa shape index (κ2) is 8.56. The van der Waals surface area contributed by atoms with Gasteiger partial charge >= 0.3 is 11.6 Å². The van der Waals surface area contributed by atoms with Crippen molar-refractivity contribution in [1.29, 1.82) is 0 Å². The van der Waals surface area contributed by atoms with Crippen molar-refractivity contribution in [3.63, 3.8) is 0 Å². The Morgan fingerprint density at radius 2 is 1.76 bits per heavy atom. The smallest absolute Gasteiger partial charge is 0.355 e. The summed E-state index contributed by atoms with van der Waals surface area (Å²) in [7, 11) is 0. The Balaban J connectivity index is 1.88. The van der Waals surface area contributed by atoms with Gasteiger partial charge in [0.2, 0.25) is 5.91 Å². The molecule has 0 spiro atoms. The number of hydrogen-bond donors (Lipinski definition) is 1. The number of esters is 1. The van der Waals surface area contributed by atoms with E-state index in [1.54, 1.807) is 18.2 Å². The molecule has 148 valence electrons. The number of benzene rings is 2. The maximum atomic E-state index is 12.6. The van der Waals surface area contributed by atoms with E-state index in [1.165, 1.54) is 19.1 Å². The van der Waals surface area contributed by atoms with E-state index in [0.717, 1.165) is 16.7 Å². The lowest BCUT2D eigenvalue weighted by Crippen LogP contribution is -2.26. The minimum Gasteiger partial charge on any atom is -0.456 e. The highest BCUT2D eigenvalue weighted by Crippen LogP contribution is 2.22. The van der Waals surface area contributed by atoms with Crippen molar-refractivity contribution in [2.24, 2.45) is 0 Å². The molecule has 0 saturated heterocycles. The van der Waals surface area contributed by atoms with Crippen LogP contribution in [-0.2, 0) is 20.9 Å². The highest BCUT2D eigenvalue weighted by Gasteiger charge is 2.15. The number of amides is 1. The van der Waals surface area contributed by atoms with Crippen LogP contribution in [0, 0.1) is 13.8 Å². The van der Waals surface area contributed by atoms with Crippen LogP contribution in [0.4, 0.5) is 0 Å². The van der Waals surface area contributed by atoms with Crippen LogP contribution in [0.5, 0.6) is 0 Å². The first-order valence-corrected chi connectivity index (χ1v) is 9.09. The molecule has 6 nitrogen and oxygen atoms in total. The van der Waals surface area contributed by atoms with Gasteiger partial charge in [0.05, 0.1) is 0 Å². The summed E-state index contributed by atoms with van der Waals surface area (Å²) in [5.41, 5.74) is 3.24. The molecule has 6 heteroatoms. The summed E-state index contributed by atoms with van der Waals surface area (Å²) < 4.78 is 10.7. The van der Waals surface area contributed by atoms with Crippen molar-refractivity contribution in [1.82, 2.24) is 5.32 Å². The molecule has 0 radical (unpaired) electrons. The van der Waals surface area contributed by atoms with Gasteiger partial charge in [-0.2, -0.15) is 0 Å². The summed E-state index contributed by atoms with van der Waals surface area (Å²) in [5.74, 6) is -1.09. The van der Waals surface area contributed by atoms with E-state index in [0.29, 0.717) is 16.5 Å². The average Bonchev–Trinajstić information content (AvgIpc) is 2.67. The van der Waals surface area contributed by atoms with E-state index >= 15 is 0 Å². The fourth-order valence-corrected chi connectivity index (χ4v) is 2.88. The molecule has 0 fully saturated rings. The van der Waals surface area contributed by atoms with E-state index in [4.69, 9.17) is 9.15 Å². The minimum atomic E-state index is -0.700.